The van der Waals surface area contributed by atoms with E-state index in [4.69, 9.17) is 5.73 Å². The van der Waals surface area contributed by atoms with Crippen LogP contribution >= 0.6 is 43.2 Å². The minimum Gasteiger partial charge on any atom is -0.324 e. The number of aryl methyl sites for hydroxylation is 1. The van der Waals surface area contributed by atoms with E-state index >= 15 is 0 Å². The van der Waals surface area contributed by atoms with Crippen molar-refractivity contribution in [3.63, 3.8) is 0 Å². The van der Waals surface area contributed by atoms with E-state index in [9.17, 15) is 0 Å². The van der Waals surface area contributed by atoms with Crippen LogP contribution in [-0.2, 0) is 6.42 Å². The highest BCUT2D eigenvalue weighted by Gasteiger charge is 2.12. The van der Waals surface area contributed by atoms with E-state index in [1.54, 1.807) is 11.3 Å². The maximum Gasteiger partial charge on any atom is 0.0704 e. The number of benzene rings is 1. The first-order valence-electron chi connectivity index (χ1n) is 5.32. The molecular formula is C13H13Br2NS. The van der Waals surface area contributed by atoms with Crippen molar-refractivity contribution in [3.05, 3.63) is 54.6 Å². The highest BCUT2D eigenvalue weighted by molar-refractivity contribution is 9.11. The topological polar surface area (TPSA) is 26.0 Å². The Morgan fingerprint density at radius 3 is 2.65 bits per heavy atom. The molecule has 0 saturated heterocycles. The Kier molecular flexibility index (Phi) is 4.42. The highest BCUT2D eigenvalue weighted by Crippen LogP contribution is 2.31. The Labute approximate surface area is 122 Å². The summed E-state index contributed by atoms with van der Waals surface area (Å²) >= 11 is 8.72. The van der Waals surface area contributed by atoms with Gasteiger partial charge in [-0.2, -0.15) is 0 Å². The summed E-state index contributed by atoms with van der Waals surface area (Å²) in [7, 11) is 0. The monoisotopic (exact) mass is 373 g/mol. The predicted molar refractivity (Wildman–Crippen MR) is 81.5 cm³/mol. The number of thiophene rings is 1. The van der Waals surface area contributed by atoms with E-state index in [1.165, 1.54) is 16.0 Å². The second-order valence-corrected chi connectivity index (χ2v) is 7.55. The molecule has 1 atom stereocenters. The summed E-state index contributed by atoms with van der Waals surface area (Å²) in [5.41, 5.74) is 8.76. The van der Waals surface area contributed by atoms with Gasteiger partial charge < -0.3 is 5.73 Å². The van der Waals surface area contributed by atoms with Crippen LogP contribution in [0.15, 0.2) is 38.6 Å². The molecule has 0 amide bonds. The molecule has 1 aromatic heterocycles. The van der Waals surface area contributed by atoms with Gasteiger partial charge in [-0.25, -0.2) is 0 Å². The molecule has 0 saturated carbocycles. The van der Waals surface area contributed by atoms with Crippen molar-refractivity contribution >= 4 is 43.2 Å². The lowest BCUT2D eigenvalue weighted by Crippen LogP contribution is -2.13. The third kappa shape index (κ3) is 3.41. The number of halogens is 2. The summed E-state index contributed by atoms with van der Waals surface area (Å²) in [6, 6.07) is 10.5. The molecule has 2 aromatic rings. The molecule has 0 radical (unpaired) electrons. The molecule has 17 heavy (non-hydrogen) atoms. The summed E-state index contributed by atoms with van der Waals surface area (Å²) in [4.78, 5) is 1.29. The first-order chi connectivity index (χ1) is 8.06. The van der Waals surface area contributed by atoms with Crippen LogP contribution in [0.4, 0.5) is 0 Å². The quantitative estimate of drug-likeness (QED) is 0.818. The van der Waals surface area contributed by atoms with Crippen molar-refractivity contribution in [3.8, 4) is 0 Å². The fraction of sp³-hybridized carbons (Fsp3) is 0.231. The summed E-state index contributed by atoms with van der Waals surface area (Å²) in [5, 5.41) is 0. The molecule has 1 unspecified atom stereocenters. The van der Waals surface area contributed by atoms with Crippen LogP contribution in [0.2, 0.25) is 0 Å². The molecule has 0 aliphatic rings. The second kappa shape index (κ2) is 5.65. The molecule has 1 aromatic carbocycles. The maximum atomic E-state index is 6.26. The van der Waals surface area contributed by atoms with Gasteiger partial charge in [-0.05, 0) is 58.6 Å². The molecule has 0 fully saturated rings. The highest BCUT2D eigenvalue weighted by atomic mass is 79.9. The zero-order valence-electron chi connectivity index (χ0n) is 9.41. The third-order valence-corrected chi connectivity index (χ3v) is 4.73. The molecule has 0 bridgehead atoms. The van der Waals surface area contributed by atoms with Gasteiger partial charge in [0.15, 0.2) is 0 Å². The van der Waals surface area contributed by atoms with E-state index in [0.29, 0.717) is 0 Å². The van der Waals surface area contributed by atoms with Crippen LogP contribution < -0.4 is 5.73 Å². The van der Waals surface area contributed by atoms with Crippen molar-refractivity contribution in [2.75, 3.05) is 0 Å². The molecular weight excluding hydrogens is 362 g/mol. The summed E-state index contributed by atoms with van der Waals surface area (Å²) in [6.07, 6.45) is 0.865. The van der Waals surface area contributed by atoms with E-state index in [2.05, 4.69) is 57.0 Å². The molecule has 4 heteroatoms. The van der Waals surface area contributed by atoms with Crippen LogP contribution in [-0.4, -0.2) is 0 Å². The van der Waals surface area contributed by atoms with E-state index in [-0.39, 0.29) is 6.04 Å². The van der Waals surface area contributed by atoms with Crippen LogP contribution in [0.25, 0.3) is 0 Å². The Morgan fingerprint density at radius 2 is 2.06 bits per heavy atom. The lowest BCUT2D eigenvalue weighted by atomic mass is 10.0. The Morgan fingerprint density at radius 1 is 1.29 bits per heavy atom. The van der Waals surface area contributed by atoms with E-state index in [1.807, 2.05) is 12.1 Å². The van der Waals surface area contributed by atoms with Gasteiger partial charge in [0.25, 0.3) is 0 Å². The maximum absolute atomic E-state index is 6.26. The number of hydrogen-bond acceptors (Lipinski definition) is 2. The number of nitrogens with two attached hydrogens (primary N) is 1. The molecule has 2 N–H and O–H groups in total. The average molecular weight is 375 g/mol. The van der Waals surface area contributed by atoms with Gasteiger partial charge in [0, 0.05) is 15.4 Å². The summed E-state index contributed by atoms with van der Waals surface area (Å²) < 4.78 is 2.25. The summed E-state index contributed by atoms with van der Waals surface area (Å²) in [5.74, 6) is 0. The van der Waals surface area contributed by atoms with Crippen LogP contribution in [0.5, 0.6) is 0 Å². The van der Waals surface area contributed by atoms with Gasteiger partial charge in [-0.15, -0.1) is 11.3 Å². The molecule has 90 valence electrons. The minimum atomic E-state index is 0.0619. The molecule has 0 spiro atoms. The van der Waals surface area contributed by atoms with E-state index in [0.717, 1.165) is 14.7 Å². The standard InChI is InChI=1S/C13H13Br2NS/c1-8-11(7-13(15)17-8)12(16)6-9-3-2-4-10(14)5-9/h2-5,7,12H,6,16H2,1H3. The van der Waals surface area contributed by atoms with Crippen LogP contribution in [0, 0.1) is 6.92 Å². The van der Waals surface area contributed by atoms with Crippen molar-refractivity contribution in [1.82, 2.24) is 0 Å². The first-order valence-corrected chi connectivity index (χ1v) is 7.72. The predicted octanol–water partition coefficient (Wildman–Crippen LogP) is 4.82. The van der Waals surface area contributed by atoms with Crippen molar-refractivity contribution in [1.29, 1.82) is 0 Å². The Bertz CT molecular complexity index is 522. The van der Waals surface area contributed by atoms with Gasteiger partial charge >= 0.3 is 0 Å². The summed E-state index contributed by atoms with van der Waals surface area (Å²) in [6.45, 7) is 2.12. The van der Waals surface area contributed by atoms with Crippen LogP contribution in [0.3, 0.4) is 0 Å². The van der Waals surface area contributed by atoms with Crippen molar-refractivity contribution in [2.45, 2.75) is 19.4 Å². The Hall–Kier alpha value is -0.160. The van der Waals surface area contributed by atoms with Gasteiger partial charge in [-0.1, -0.05) is 28.1 Å². The van der Waals surface area contributed by atoms with Crippen molar-refractivity contribution < 1.29 is 0 Å². The van der Waals surface area contributed by atoms with E-state index < -0.39 is 0 Å². The van der Waals surface area contributed by atoms with Gasteiger partial charge in [0.05, 0.1) is 3.79 Å². The fourth-order valence-electron chi connectivity index (χ4n) is 1.85. The smallest absolute Gasteiger partial charge is 0.0704 e. The molecule has 0 aliphatic carbocycles. The largest absolute Gasteiger partial charge is 0.324 e. The molecule has 1 heterocycles. The Balaban J connectivity index is 2.16. The first kappa shape index (κ1) is 13.3. The lowest BCUT2D eigenvalue weighted by molar-refractivity contribution is 0.720. The molecule has 0 aliphatic heterocycles. The van der Waals surface area contributed by atoms with Crippen LogP contribution in [0.1, 0.15) is 22.0 Å². The zero-order chi connectivity index (χ0) is 12.4. The normalized spacial score (nSPS) is 12.7. The fourth-order valence-corrected chi connectivity index (χ4v) is 4.08. The average Bonchev–Trinajstić information content (AvgIpc) is 2.58. The zero-order valence-corrected chi connectivity index (χ0v) is 13.4. The second-order valence-electron chi connectivity index (χ2n) is 4.00. The SMILES string of the molecule is Cc1sc(Br)cc1C(N)Cc1cccc(Br)c1. The van der Waals surface area contributed by atoms with Crippen molar-refractivity contribution in [2.24, 2.45) is 5.73 Å². The van der Waals surface area contributed by atoms with Gasteiger partial charge in [0.1, 0.15) is 0 Å². The number of rotatable bonds is 3. The minimum absolute atomic E-state index is 0.0619. The molecule has 1 nitrogen and oxygen atoms in total. The lowest BCUT2D eigenvalue weighted by Gasteiger charge is -2.11. The third-order valence-electron chi connectivity index (χ3n) is 2.67. The molecule has 2 rings (SSSR count). The number of hydrogen-bond donors (Lipinski definition) is 1. The van der Waals surface area contributed by atoms with Gasteiger partial charge in [0.2, 0.25) is 0 Å². The van der Waals surface area contributed by atoms with Gasteiger partial charge in [-0.3, -0.25) is 0 Å².